The largest absolute Gasteiger partial charge is 0.453 e. The monoisotopic (exact) mass is 304 g/mol. The predicted molar refractivity (Wildman–Crippen MR) is 63.6 cm³/mol. The molecule has 0 radical (unpaired) electrons. The molecule has 0 aliphatic carbocycles. The van der Waals surface area contributed by atoms with Gasteiger partial charge in [-0.25, -0.2) is 0 Å². The molecule has 9 nitrogen and oxygen atoms in total. The highest BCUT2D eigenvalue weighted by atomic mass is 32.2. The summed E-state index contributed by atoms with van der Waals surface area (Å²) in [5, 5.41) is 9.25. The van der Waals surface area contributed by atoms with Crippen LogP contribution in [-0.2, 0) is 19.0 Å². The van der Waals surface area contributed by atoms with Gasteiger partial charge in [0.1, 0.15) is 12.2 Å². The van der Waals surface area contributed by atoms with E-state index in [0.717, 1.165) is 6.26 Å². The van der Waals surface area contributed by atoms with Gasteiger partial charge in [0.15, 0.2) is 12.3 Å². The van der Waals surface area contributed by atoms with Crippen molar-refractivity contribution in [1.82, 2.24) is 9.55 Å². The lowest BCUT2D eigenvalue weighted by Crippen LogP contribution is -2.39. The highest BCUT2D eigenvalue weighted by Gasteiger charge is 2.53. The van der Waals surface area contributed by atoms with Gasteiger partial charge in [-0.1, -0.05) is 0 Å². The summed E-state index contributed by atoms with van der Waals surface area (Å²) in [4.78, 5) is 14.8. The number of aromatic nitrogens is 2. The fourth-order valence-electron chi connectivity index (χ4n) is 2.32. The molecular weight excluding hydrogens is 292 g/mol. The van der Waals surface area contributed by atoms with Crippen molar-refractivity contribution in [2.45, 2.75) is 24.5 Å². The molecule has 10 heteroatoms. The Kier molecular flexibility index (Phi) is 3.05. The van der Waals surface area contributed by atoms with Crippen LogP contribution in [0.25, 0.3) is 0 Å². The Morgan fingerprint density at radius 1 is 1.55 bits per heavy atom. The van der Waals surface area contributed by atoms with Crippen molar-refractivity contribution >= 4 is 10.1 Å². The lowest BCUT2D eigenvalue weighted by Gasteiger charge is -2.18. The summed E-state index contributed by atoms with van der Waals surface area (Å²) in [5.74, 6) is 0. The van der Waals surface area contributed by atoms with Crippen molar-refractivity contribution in [3.8, 4) is 6.01 Å². The second kappa shape index (κ2) is 4.52. The number of fused-ring (bicyclic) bond motifs is 3. The van der Waals surface area contributed by atoms with Crippen LogP contribution in [0.5, 0.6) is 6.01 Å². The van der Waals surface area contributed by atoms with Gasteiger partial charge in [-0.15, -0.1) is 0 Å². The third kappa shape index (κ3) is 2.20. The molecule has 2 aliphatic heterocycles. The Labute approximate surface area is 113 Å². The zero-order valence-corrected chi connectivity index (χ0v) is 11.2. The molecule has 4 atom stereocenters. The van der Waals surface area contributed by atoms with Gasteiger partial charge in [0.25, 0.3) is 15.7 Å². The normalized spacial score (nSPS) is 31.7. The Bertz CT molecular complexity index is 685. The maximum Gasteiger partial charge on any atom is 0.302 e. The average Bonchev–Trinajstić information content (AvgIpc) is 2.84. The molecule has 0 amide bonds. The summed E-state index contributed by atoms with van der Waals surface area (Å²) in [6, 6.07) is 1.27. The van der Waals surface area contributed by atoms with Crippen LogP contribution in [0.15, 0.2) is 17.1 Å². The number of aliphatic hydroxyl groups is 1. The van der Waals surface area contributed by atoms with Crippen LogP contribution >= 0.6 is 0 Å². The maximum absolute atomic E-state index is 11.3. The molecule has 0 spiro atoms. The molecule has 0 saturated carbocycles. The Hall–Kier alpha value is -1.49. The van der Waals surface area contributed by atoms with Crippen molar-refractivity contribution in [3.05, 3.63) is 22.6 Å². The van der Waals surface area contributed by atoms with Gasteiger partial charge >= 0.3 is 6.01 Å². The smallest absolute Gasteiger partial charge is 0.302 e. The molecule has 1 N–H and O–H groups in total. The van der Waals surface area contributed by atoms with Crippen LogP contribution in [0.3, 0.4) is 0 Å². The molecule has 110 valence electrons. The van der Waals surface area contributed by atoms with E-state index in [1.165, 1.54) is 16.8 Å². The fraction of sp³-hybridized carbons (Fsp3) is 0.600. The topological polar surface area (TPSA) is 117 Å². The van der Waals surface area contributed by atoms with E-state index < -0.39 is 46.8 Å². The summed E-state index contributed by atoms with van der Waals surface area (Å²) in [6.45, 7) is -0.417. The number of aliphatic hydroxyl groups excluding tert-OH is 1. The first-order chi connectivity index (χ1) is 9.39. The average molecular weight is 304 g/mol. The van der Waals surface area contributed by atoms with Gasteiger partial charge in [0.05, 0.1) is 12.9 Å². The minimum atomic E-state index is -3.75. The van der Waals surface area contributed by atoms with Crippen molar-refractivity contribution < 1.29 is 27.2 Å². The molecule has 0 aromatic carbocycles. The van der Waals surface area contributed by atoms with Crippen LogP contribution in [-0.4, -0.2) is 54.2 Å². The molecule has 2 aliphatic rings. The third-order valence-electron chi connectivity index (χ3n) is 3.07. The first-order valence-corrected chi connectivity index (χ1v) is 7.61. The highest BCUT2D eigenvalue weighted by molar-refractivity contribution is 7.86. The lowest BCUT2D eigenvalue weighted by atomic mass is 10.1. The second-order valence-electron chi connectivity index (χ2n) is 4.55. The zero-order valence-electron chi connectivity index (χ0n) is 10.4. The quantitative estimate of drug-likeness (QED) is 0.653. The SMILES string of the molecule is CS(=O)(=O)O[C@H]1[C@@H]2Oc3nc(=O)ccn3[C@@H]2O[C@@H]1CO. The Balaban J connectivity index is 1.94. The van der Waals surface area contributed by atoms with Gasteiger partial charge < -0.3 is 14.6 Å². The molecule has 1 aromatic heterocycles. The van der Waals surface area contributed by atoms with Crippen molar-refractivity contribution in [1.29, 1.82) is 0 Å². The molecule has 1 aromatic rings. The van der Waals surface area contributed by atoms with Crippen LogP contribution in [0.1, 0.15) is 6.23 Å². The van der Waals surface area contributed by atoms with Crippen molar-refractivity contribution in [2.24, 2.45) is 0 Å². The molecule has 1 saturated heterocycles. The van der Waals surface area contributed by atoms with Gasteiger partial charge in [-0.3, -0.25) is 13.5 Å². The summed E-state index contributed by atoms with van der Waals surface area (Å²) in [7, 11) is -3.75. The van der Waals surface area contributed by atoms with E-state index >= 15 is 0 Å². The van der Waals surface area contributed by atoms with Crippen molar-refractivity contribution in [3.63, 3.8) is 0 Å². The number of hydrogen-bond acceptors (Lipinski definition) is 8. The zero-order chi connectivity index (χ0) is 14.5. The first-order valence-electron chi connectivity index (χ1n) is 5.79. The van der Waals surface area contributed by atoms with E-state index in [1.807, 2.05) is 0 Å². The number of nitrogens with zero attached hydrogens (tertiary/aromatic N) is 2. The molecular formula is C10H12N2O7S. The number of hydrogen-bond donors (Lipinski definition) is 1. The molecule has 0 unspecified atom stereocenters. The van der Waals surface area contributed by atoms with E-state index in [1.54, 1.807) is 0 Å². The summed E-state index contributed by atoms with van der Waals surface area (Å²) in [5.41, 5.74) is -0.476. The predicted octanol–water partition coefficient (Wildman–Crippen LogP) is -1.76. The van der Waals surface area contributed by atoms with Gasteiger partial charge in [-0.2, -0.15) is 13.4 Å². The van der Waals surface area contributed by atoms with E-state index in [2.05, 4.69) is 4.98 Å². The van der Waals surface area contributed by atoms with E-state index in [9.17, 15) is 18.3 Å². The molecule has 3 rings (SSSR count). The minimum Gasteiger partial charge on any atom is -0.453 e. The number of ether oxygens (including phenoxy) is 2. The van der Waals surface area contributed by atoms with Gasteiger partial charge in [0.2, 0.25) is 0 Å². The van der Waals surface area contributed by atoms with Crippen LogP contribution in [0.4, 0.5) is 0 Å². The van der Waals surface area contributed by atoms with Gasteiger partial charge in [-0.05, 0) is 0 Å². The van der Waals surface area contributed by atoms with Crippen molar-refractivity contribution in [2.75, 3.05) is 12.9 Å². The van der Waals surface area contributed by atoms with E-state index in [0.29, 0.717) is 0 Å². The fourth-order valence-corrected chi connectivity index (χ4v) is 2.96. The lowest BCUT2D eigenvalue weighted by molar-refractivity contribution is -0.0384. The molecule has 3 heterocycles. The Morgan fingerprint density at radius 3 is 2.95 bits per heavy atom. The van der Waals surface area contributed by atoms with E-state index in [4.69, 9.17) is 13.7 Å². The number of rotatable bonds is 3. The maximum atomic E-state index is 11.3. The Morgan fingerprint density at radius 2 is 2.30 bits per heavy atom. The minimum absolute atomic E-state index is 0.0333. The second-order valence-corrected chi connectivity index (χ2v) is 6.15. The van der Waals surface area contributed by atoms with Crippen LogP contribution in [0, 0.1) is 0 Å². The standard InChI is InChI=1S/C10H12N2O7S/c1-20(15,16)19-7-5(4-13)17-9-8(7)18-10-11-6(14)2-3-12(9)10/h2-3,5,7-9,13H,4H2,1H3/t5-,7-,8+,9-/m1/s1. The molecule has 20 heavy (non-hydrogen) atoms. The third-order valence-corrected chi connectivity index (χ3v) is 3.64. The summed E-state index contributed by atoms with van der Waals surface area (Å²) in [6.07, 6.45) is -0.993. The summed E-state index contributed by atoms with van der Waals surface area (Å²) < 4.78 is 39.9. The molecule has 0 bridgehead atoms. The van der Waals surface area contributed by atoms with E-state index in [-0.39, 0.29) is 6.01 Å². The highest BCUT2D eigenvalue weighted by Crippen LogP contribution is 2.40. The van der Waals surface area contributed by atoms with Crippen LogP contribution < -0.4 is 10.3 Å². The first kappa shape index (κ1) is 13.5. The van der Waals surface area contributed by atoms with Crippen LogP contribution in [0.2, 0.25) is 0 Å². The van der Waals surface area contributed by atoms with Gasteiger partial charge in [0, 0.05) is 12.3 Å². The summed E-state index contributed by atoms with van der Waals surface area (Å²) >= 11 is 0. The molecule has 1 fully saturated rings.